The van der Waals surface area contributed by atoms with E-state index < -0.39 is 0 Å². The van der Waals surface area contributed by atoms with Gasteiger partial charge in [0.15, 0.2) is 0 Å². The molecule has 2 amide bonds. The van der Waals surface area contributed by atoms with Crippen LogP contribution in [0.3, 0.4) is 0 Å². The molecule has 0 saturated carbocycles. The van der Waals surface area contributed by atoms with E-state index in [1.54, 1.807) is 10.9 Å². The van der Waals surface area contributed by atoms with E-state index in [-0.39, 0.29) is 11.8 Å². The lowest BCUT2D eigenvalue weighted by Gasteiger charge is -2.34. The third-order valence-corrected chi connectivity index (χ3v) is 6.13. The van der Waals surface area contributed by atoms with Gasteiger partial charge >= 0.3 is 0 Å². The molecule has 2 aromatic rings. The Morgan fingerprint density at radius 3 is 2.28 bits per heavy atom. The van der Waals surface area contributed by atoms with E-state index in [4.69, 9.17) is 0 Å². The number of benzene rings is 1. The number of amides is 2. The molecular weight excluding hydrogens is 364 g/mol. The first-order valence-electron chi connectivity index (χ1n) is 10.9. The molecule has 0 aliphatic carbocycles. The molecule has 0 N–H and O–H groups in total. The highest BCUT2D eigenvalue weighted by molar-refractivity contribution is 5.81. The van der Waals surface area contributed by atoms with Crippen LogP contribution in [0.2, 0.25) is 0 Å². The molecule has 4 rings (SSSR count). The molecule has 6 heteroatoms. The molecule has 29 heavy (non-hydrogen) atoms. The Balaban J connectivity index is 1.28. The van der Waals surface area contributed by atoms with Gasteiger partial charge in [-0.05, 0) is 43.4 Å². The lowest BCUT2D eigenvalue weighted by molar-refractivity contribution is -0.140. The van der Waals surface area contributed by atoms with Gasteiger partial charge in [0, 0.05) is 38.3 Å². The molecule has 0 bridgehead atoms. The molecule has 3 heterocycles. The molecule has 2 fully saturated rings. The van der Waals surface area contributed by atoms with Crippen LogP contribution in [-0.2, 0) is 16.0 Å². The van der Waals surface area contributed by atoms with Gasteiger partial charge in [-0.15, -0.1) is 0 Å². The second-order valence-corrected chi connectivity index (χ2v) is 8.20. The second-order valence-electron chi connectivity index (χ2n) is 8.20. The lowest BCUT2D eigenvalue weighted by Crippen LogP contribution is -2.45. The van der Waals surface area contributed by atoms with Gasteiger partial charge in [-0.3, -0.25) is 9.59 Å². The number of piperidine rings is 1. The van der Waals surface area contributed by atoms with Gasteiger partial charge in [0.2, 0.25) is 11.8 Å². The molecule has 1 aromatic carbocycles. The summed E-state index contributed by atoms with van der Waals surface area (Å²) in [6.07, 6.45) is 10.3. The van der Waals surface area contributed by atoms with Crippen LogP contribution in [0.4, 0.5) is 0 Å². The van der Waals surface area contributed by atoms with Crippen LogP contribution in [0.1, 0.15) is 44.1 Å². The van der Waals surface area contributed by atoms with Gasteiger partial charge in [-0.25, -0.2) is 4.68 Å². The van der Waals surface area contributed by atoms with Gasteiger partial charge < -0.3 is 9.80 Å². The number of likely N-dealkylation sites (tertiary alicyclic amines) is 2. The molecule has 0 radical (unpaired) electrons. The molecule has 6 nitrogen and oxygen atoms in total. The van der Waals surface area contributed by atoms with Crippen LogP contribution in [0.15, 0.2) is 42.7 Å². The van der Waals surface area contributed by atoms with E-state index in [1.807, 2.05) is 41.4 Å². The van der Waals surface area contributed by atoms with E-state index >= 15 is 0 Å². The number of hydrogen-bond acceptors (Lipinski definition) is 3. The Kier molecular flexibility index (Phi) is 6.27. The molecular formula is C23H30N4O2. The lowest BCUT2D eigenvalue weighted by atomic mass is 9.94. The van der Waals surface area contributed by atoms with Crippen molar-refractivity contribution in [2.45, 2.75) is 44.9 Å². The third-order valence-electron chi connectivity index (χ3n) is 6.13. The number of aromatic nitrogens is 2. The van der Waals surface area contributed by atoms with Crippen LogP contribution in [-0.4, -0.2) is 57.6 Å². The van der Waals surface area contributed by atoms with Gasteiger partial charge in [0.25, 0.3) is 0 Å². The zero-order chi connectivity index (χ0) is 20.1. The predicted molar refractivity (Wildman–Crippen MR) is 112 cm³/mol. The van der Waals surface area contributed by atoms with Crippen molar-refractivity contribution in [2.75, 3.05) is 26.2 Å². The highest BCUT2D eigenvalue weighted by atomic mass is 16.2. The monoisotopic (exact) mass is 394 g/mol. The van der Waals surface area contributed by atoms with Crippen LogP contribution in [0.25, 0.3) is 5.69 Å². The Labute approximate surface area is 172 Å². The fraction of sp³-hybridized carbons (Fsp3) is 0.522. The number of hydrogen-bond donors (Lipinski definition) is 0. The molecule has 2 aliphatic heterocycles. The summed E-state index contributed by atoms with van der Waals surface area (Å²) in [6.45, 7) is 3.17. The van der Waals surface area contributed by atoms with E-state index in [9.17, 15) is 9.59 Å². The summed E-state index contributed by atoms with van der Waals surface area (Å²) in [5.74, 6) is 0.513. The summed E-state index contributed by atoms with van der Waals surface area (Å²) in [5, 5.41) is 4.38. The van der Waals surface area contributed by atoms with Crippen LogP contribution in [0.5, 0.6) is 0 Å². The topological polar surface area (TPSA) is 58.4 Å². The van der Waals surface area contributed by atoms with Gasteiger partial charge in [0.05, 0.1) is 18.3 Å². The molecule has 1 aromatic heterocycles. The smallest absolute Gasteiger partial charge is 0.227 e. The van der Waals surface area contributed by atoms with Crippen molar-refractivity contribution < 1.29 is 9.59 Å². The molecule has 0 spiro atoms. The minimum absolute atomic E-state index is 0.0815. The molecule has 154 valence electrons. The van der Waals surface area contributed by atoms with E-state index in [2.05, 4.69) is 10.00 Å². The van der Waals surface area contributed by atoms with E-state index in [0.717, 1.165) is 50.0 Å². The third kappa shape index (κ3) is 4.86. The maximum Gasteiger partial charge on any atom is 0.227 e. The number of carbonyl (C=O) groups is 2. The van der Waals surface area contributed by atoms with Crippen molar-refractivity contribution >= 4 is 11.8 Å². The Morgan fingerprint density at radius 1 is 0.897 bits per heavy atom. The molecule has 0 atom stereocenters. The summed E-state index contributed by atoms with van der Waals surface area (Å²) in [5.41, 5.74) is 1.90. The van der Waals surface area contributed by atoms with Crippen molar-refractivity contribution in [2.24, 2.45) is 5.92 Å². The first kappa shape index (κ1) is 19.7. The quantitative estimate of drug-likeness (QED) is 0.801. The zero-order valence-electron chi connectivity index (χ0n) is 17.0. The largest absolute Gasteiger partial charge is 0.342 e. The molecule has 2 aliphatic rings. The first-order chi connectivity index (χ1) is 14.2. The Bertz CT molecular complexity index is 816. The summed E-state index contributed by atoms with van der Waals surface area (Å²) < 4.78 is 1.80. The summed E-state index contributed by atoms with van der Waals surface area (Å²) in [6, 6.07) is 9.89. The first-order valence-corrected chi connectivity index (χ1v) is 10.9. The van der Waals surface area contributed by atoms with E-state index in [0.29, 0.717) is 25.4 Å². The SMILES string of the molecule is O=C(Cc1cnn(-c2ccccc2)c1)N1CCC(C(=O)N2CCCCCC2)CC1. The highest BCUT2D eigenvalue weighted by Crippen LogP contribution is 2.22. The summed E-state index contributed by atoms with van der Waals surface area (Å²) >= 11 is 0. The fourth-order valence-electron chi connectivity index (χ4n) is 4.38. The average molecular weight is 395 g/mol. The fourth-order valence-corrected chi connectivity index (χ4v) is 4.38. The van der Waals surface area contributed by atoms with Crippen molar-refractivity contribution in [1.82, 2.24) is 19.6 Å². The number of carbonyl (C=O) groups excluding carboxylic acids is 2. The maximum atomic E-state index is 12.8. The van der Waals surface area contributed by atoms with Crippen molar-refractivity contribution in [3.8, 4) is 5.69 Å². The second kappa shape index (κ2) is 9.25. The minimum Gasteiger partial charge on any atom is -0.342 e. The predicted octanol–water partition coefficient (Wildman–Crippen LogP) is 3.06. The van der Waals surface area contributed by atoms with Crippen LogP contribution < -0.4 is 0 Å². The number of para-hydroxylation sites is 1. The van der Waals surface area contributed by atoms with Gasteiger partial charge in [-0.1, -0.05) is 31.0 Å². The van der Waals surface area contributed by atoms with Crippen LogP contribution >= 0.6 is 0 Å². The Hall–Kier alpha value is -2.63. The van der Waals surface area contributed by atoms with Crippen molar-refractivity contribution in [3.63, 3.8) is 0 Å². The highest BCUT2D eigenvalue weighted by Gasteiger charge is 2.30. The number of nitrogens with zero attached hydrogens (tertiary/aromatic N) is 4. The van der Waals surface area contributed by atoms with Crippen LogP contribution in [0, 0.1) is 5.92 Å². The standard InChI is InChI=1S/C23H30N4O2/c28-22(16-19-17-24-27(18-19)21-8-4-3-5-9-21)25-14-10-20(11-15-25)23(29)26-12-6-1-2-7-13-26/h3-5,8-9,17-18,20H,1-2,6-7,10-16H2. The normalized spacial score (nSPS) is 18.5. The minimum atomic E-state index is 0.0815. The van der Waals surface area contributed by atoms with Crippen molar-refractivity contribution in [1.29, 1.82) is 0 Å². The molecule has 2 saturated heterocycles. The number of rotatable bonds is 4. The van der Waals surface area contributed by atoms with Gasteiger partial charge in [0.1, 0.15) is 0 Å². The average Bonchev–Trinajstić information content (AvgIpc) is 3.06. The molecule has 0 unspecified atom stereocenters. The van der Waals surface area contributed by atoms with Gasteiger partial charge in [-0.2, -0.15) is 5.10 Å². The summed E-state index contributed by atoms with van der Waals surface area (Å²) in [4.78, 5) is 29.5. The van der Waals surface area contributed by atoms with E-state index in [1.165, 1.54) is 12.8 Å². The summed E-state index contributed by atoms with van der Waals surface area (Å²) in [7, 11) is 0. The Morgan fingerprint density at radius 2 is 1.59 bits per heavy atom. The zero-order valence-corrected chi connectivity index (χ0v) is 17.0. The maximum absolute atomic E-state index is 12.8. The van der Waals surface area contributed by atoms with Crippen molar-refractivity contribution in [3.05, 3.63) is 48.3 Å².